The van der Waals surface area contributed by atoms with E-state index in [1.54, 1.807) is 39.0 Å². The molecular weight excluding hydrogens is 406 g/mol. The molecule has 1 aromatic carbocycles. The SMILES string of the molecule is CC(C)CC(NC(=O)OC(C)(C)C)C(=O)Nc1ccccc1/C=C/C(=O)N[C@@H](C)C(C)C. The summed E-state index contributed by atoms with van der Waals surface area (Å²) >= 11 is 0. The highest BCUT2D eigenvalue weighted by atomic mass is 16.6. The van der Waals surface area contributed by atoms with E-state index in [-0.39, 0.29) is 23.8 Å². The Kier molecular flexibility index (Phi) is 10.4. The minimum absolute atomic E-state index is 0.0535. The standard InChI is InChI=1S/C25H39N3O4/c1-16(2)15-21(28-24(31)32-25(6,7)8)23(30)27-20-12-10-9-11-19(20)13-14-22(29)26-18(5)17(3)4/h9-14,16-18,21H,15H2,1-8H3,(H,26,29)(H,27,30)(H,28,31)/b14-13+/t18-,21?/m0/s1. The van der Waals surface area contributed by atoms with Crippen LogP contribution in [0.25, 0.3) is 6.08 Å². The van der Waals surface area contributed by atoms with E-state index in [2.05, 4.69) is 16.0 Å². The number of nitrogens with one attached hydrogen (secondary N) is 3. The van der Waals surface area contributed by atoms with Crippen LogP contribution in [0.15, 0.2) is 30.3 Å². The zero-order valence-electron chi connectivity index (χ0n) is 20.6. The molecule has 3 N–H and O–H groups in total. The lowest BCUT2D eigenvalue weighted by Crippen LogP contribution is -2.46. The van der Waals surface area contributed by atoms with Gasteiger partial charge in [0.2, 0.25) is 11.8 Å². The second-order valence-electron chi connectivity index (χ2n) is 9.78. The number of hydrogen-bond acceptors (Lipinski definition) is 4. The van der Waals surface area contributed by atoms with Crippen LogP contribution in [0.3, 0.4) is 0 Å². The van der Waals surface area contributed by atoms with Gasteiger partial charge in [0.1, 0.15) is 11.6 Å². The van der Waals surface area contributed by atoms with E-state index in [1.807, 2.05) is 46.8 Å². The highest BCUT2D eigenvalue weighted by Crippen LogP contribution is 2.18. The molecule has 0 aromatic heterocycles. The van der Waals surface area contributed by atoms with E-state index in [1.165, 1.54) is 6.08 Å². The van der Waals surface area contributed by atoms with Crippen LogP contribution in [0.4, 0.5) is 10.5 Å². The predicted molar refractivity (Wildman–Crippen MR) is 129 cm³/mol. The highest BCUT2D eigenvalue weighted by molar-refractivity contribution is 5.99. The van der Waals surface area contributed by atoms with Crippen molar-refractivity contribution in [3.8, 4) is 0 Å². The molecule has 0 saturated carbocycles. The summed E-state index contributed by atoms with van der Waals surface area (Å²) in [7, 11) is 0. The Bertz CT molecular complexity index is 810. The molecule has 2 atom stereocenters. The molecule has 0 fully saturated rings. The number of ether oxygens (including phenoxy) is 1. The van der Waals surface area contributed by atoms with E-state index < -0.39 is 17.7 Å². The first kappa shape index (κ1) is 27.2. The number of rotatable bonds is 9. The van der Waals surface area contributed by atoms with Gasteiger partial charge in [-0.15, -0.1) is 0 Å². The normalized spacial score (nSPS) is 13.7. The van der Waals surface area contributed by atoms with Crippen molar-refractivity contribution >= 4 is 29.7 Å². The molecule has 0 aliphatic carbocycles. The van der Waals surface area contributed by atoms with Gasteiger partial charge < -0.3 is 20.7 Å². The summed E-state index contributed by atoms with van der Waals surface area (Å²) in [5.74, 6) is -0.0309. The summed E-state index contributed by atoms with van der Waals surface area (Å²) in [6, 6.07) is 6.49. The van der Waals surface area contributed by atoms with Crippen molar-refractivity contribution in [3.63, 3.8) is 0 Å². The fraction of sp³-hybridized carbons (Fsp3) is 0.560. The Morgan fingerprint density at radius 2 is 1.62 bits per heavy atom. The summed E-state index contributed by atoms with van der Waals surface area (Å²) in [6.45, 7) is 15.3. The Balaban J connectivity index is 2.94. The number of carbonyl (C=O) groups is 3. The van der Waals surface area contributed by atoms with Crippen molar-refractivity contribution < 1.29 is 19.1 Å². The first-order valence-corrected chi connectivity index (χ1v) is 11.2. The quantitative estimate of drug-likeness (QED) is 0.478. The van der Waals surface area contributed by atoms with Crippen molar-refractivity contribution in [1.82, 2.24) is 10.6 Å². The van der Waals surface area contributed by atoms with Crippen molar-refractivity contribution in [2.45, 2.75) is 79.5 Å². The number of carbonyl (C=O) groups excluding carboxylic acids is 3. The molecule has 0 saturated heterocycles. The van der Waals surface area contributed by atoms with Crippen molar-refractivity contribution in [3.05, 3.63) is 35.9 Å². The molecule has 1 unspecified atom stereocenters. The van der Waals surface area contributed by atoms with E-state index in [0.717, 1.165) is 0 Å². The summed E-state index contributed by atoms with van der Waals surface area (Å²) in [5.41, 5.74) is 0.584. The van der Waals surface area contributed by atoms with Gasteiger partial charge in [0.25, 0.3) is 0 Å². The Hall–Kier alpha value is -2.83. The van der Waals surface area contributed by atoms with Crippen LogP contribution in [0.5, 0.6) is 0 Å². The number of hydrogen-bond donors (Lipinski definition) is 3. The molecule has 7 heteroatoms. The van der Waals surface area contributed by atoms with Crippen LogP contribution in [-0.2, 0) is 14.3 Å². The van der Waals surface area contributed by atoms with E-state index in [0.29, 0.717) is 23.6 Å². The third-order valence-electron chi connectivity index (χ3n) is 4.72. The maximum atomic E-state index is 13.0. The van der Waals surface area contributed by atoms with Gasteiger partial charge in [0.15, 0.2) is 0 Å². The van der Waals surface area contributed by atoms with Crippen LogP contribution < -0.4 is 16.0 Å². The Morgan fingerprint density at radius 1 is 1.00 bits per heavy atom. The third kappa shape index (κ3) is 10.5. The summed E-state index contributed by atoms with van der Waals surface area (Å²) in [6.07, 6.45) is 2.94. The molecule has 1 aromatic rings. The lowest BCUT2D eigenvalue weighted by Gasteiger charge is -2.24. The Labute approximate surface area is 192 Å². The van der Waals surface area contributed by atoms with Crippen LogP contribution in [0.1, 0.15) is 67.4 Å². The maximum absolute atomic E-state index is 13.0. The van der Waals surface area contributed by atoms with Gasteiger partial charge in [-0.1, -0.05) is 45.9 Å². The van der Waals surface area contributed by atoms with E-state index in [4.69, 9.17) is 4.74 Å². The lowest BCUT2D eigenvalue weighted by molar-refractivity contribution is -0.118. The van der Waals surface area contributed by atoms with E-state index >= 15 is 0 Å². The van der Waals surface area contributed by atoms with E-state index in [9.17, 15) is 14.4 Å². The molecule has 0 spiro atoms. The molecule has 0 bridgehead atoms. The van der Waals surface area contributed by atoms with Gasteiger partial charge in [-0.05, 0) is 63.7 Å². The monoisotopic (exact) mass is 445 g/mol. The van der Waals surface area contributed by atoms with Crippen molar-refractivity contribution in [2.24, 2.45) is 11.8 Å². The second-order valence-corrected chi connectivity index (χ2v) is 9.78. The van der Waals surface area contributed by atoms with Gasteiger partial charge >= 0.3 is 6.09 Å². The average Bonchev–Trinajstić information content (AvgIpc) is 2.64. The van der Waals surface area contributed by atoms with Gasteiger partial charge in [-0.3, -0.25) is 9.59 Å². The molecule has 3 amide bonds. The molecule has 0 aliphatic heterocycles. The lowest BCUT2D eigenvalue weighted by atomic mass is 10.0. The minimum atomic E-state index is -0.753. The molecule has 0 aliphatic rings. The van der Waals surface area contributed by atoms with Crippen molar-refractivity contribution in [2.75, 3.05) is 5.32 Å². The van der Waals surface area contributed by atoms with Crippen molar-refractivity contribution in [1.29, 1.82) is 0 Å². The zero-order chi connectivity index (χ0) is 24.5. The zero-order valence-corrected chi connectivity index (χ0v) is 20.6. The number of para-hydroxylation sites is 1. The maximum Gasteiger partial charge on any atom is 0.408 e. The molecule has 178 valence electrons. The molecular formula is C25H39N3O4. The minimum Gasteiger partial charge on any atom is -0.444 e. The topological polar surface area (TPSA) is 96.5 Å². The van der Waals surface area contributed by atoms with Gasteiger partial charge in [0, 0.05) is 17.8 Å². The van der Waals surface area contributed by atoms with Gasteiger partial charge in [-0.2, -0.15) is 0 Å². The second kappa shape index (κ2) is 12.3. The number of alkyl carbamates (subject to hydrolysis) is 1. The first-order chi connectivity index (χ1) is 14.8. The number of anilines is 1. The molecule has 32 heavy (non-hydrogen) atoms. The molecule has 1 rings (SSSR count). The average molecular weight is 446 g/mol. The summed E-state index contributed by atoms with van der Waals surface area (Å²) in [5, 5.41) is 8.46. The molecule has 7 nitrogen and oxygen atoms in total. The fourth-order valence-corrected chi connectivity index (χ4v) is 2.73. The molecule has 0 radical (unpaired) electrons. The predicted octanol–water partition coefficient (Wildman–Crippen LogP) is 4.74. The highest BCUT2D eigenvalue weighted by Gasteiger charge is 2.25. The van der Waals surface area contributed by atoms with Crippen LogP contribution in [0.2, 0.25) is 0 Å². The van der Waals surface area contributed by atoms with Crippen LogP contribution in [-0.4, -0.2) is 35.6 Å². The third-order valence-corrected chi connectivity index (χ3v) is 4.72. The number of amides is 3. The summed E-state index contributed by atoms with van der Waals surface area (Å²) in [4.78, 5) is 37.4. The number of benzene rings is 1. The fourth-order valence-electron chi connectivity index (χ4n) is 2.73. The van der Waals surface area contributed by atoms with Gasteiger partial charge in [-0.25, -0.2) is 4.79 Å². The van der Waals surface area contributed by atoms with Crippen LogP contribution in [0, 0.1) is 11.8 Å². The van der Waals surface area contributed by atoms with Crippen LogP contribution >= 0.6 is 0 Å². The Morgan fingerprint density at radius 3 is 2.19 bits per heavy atom. The van der Waals surface area contributed by atoms with Gasteiger partial charge in [0.05, 0.1) is 0 Å². The largest absolute Gasteiger partial charge is 0.444 e. The smallest absolute Gasteiger partial charge is 0.408 e. The molecule has 0 heterocycles. The first-order valence-electron chi connectivity index (χ1n) is 11.2. The summed E-state index contributed by atoms with van der Waals surface area (Å²) < 4.78 is 5.30.